The average Bonchev–Trinajstić information content (AvgIpc) is 3.27. The number of amides is 1. The second kappa shape index (κ2) is 9.71. The lowest BCUT2D eigenvalue weighted by molar-refractivity contribution is -0.120. The van der Waals surface area contributed by atoms with E-state index in [1.165, 1.54) is 4.31 Å². The van der Waals surface area contributed by atoms with E-state index in [2.05, 4.69) is 22.6 Å². The summed E-state index contributed by atoms with van der Waals surface area (Å²) in [7, 11) is -2.13. The van der Waals surface area contributed by atoms with Gasteiger partial charge in [0.15, 0.2) is 0 Å². The first kappa shape index (κ1) is 24.2. The van der Waals surface area contributed by atoms with Crippen LogP contribution in [0.3, 0.4) is 0 Å². The van der Waals surface area contributed by atoms with Crippen LogP contribution in [0.5, 0.6) is 5.75 Å². The van der Waals surface area contributed by atoms with Crippen LogP contribution in [0.15, 0.2) is 41.3 Å². The van der Waals surface area contributed by atoms with E-state index in [1.807, 2.05) is 36.7 Å². The molecule has 1 amide bonds. The van der Waals surface area contributed by atoms with Crippen molar-refractivity contribution in [2.45, 2.75) is 51.0 Å². The number of hydrogen-bond donors (Lipinski definition) is 1. The van der Waals surface area contributed by atoms with Crippen molar-refractivity contribution >= 4 is 32.7 Å². The van der Waals surface area contributed by atoms with E-state index in [9.17, 15) is 13.2 Å². The molecule has 182 valence electrons. The molecule has 34 heavy (non-hydrogen) atoms. The Hall–Kier alpha value is -2.98. The van der Waals surface area contributed by atoms with Gasteiger partial charge in [0, 0.05) is 19.0 Å². The number of ether oxygens (including phenoxy) is 1. The summed E-state index contributed by atoms with van der Waals surface area (Å²) < 4.78 is 35.1. The van der Waals surface area contributed by atoms with Gasteiger partial charge >= 0.3 is 0 Å². The summed E-state index contributed by atoms with van der Waals surface area (Å²) in [4.78, 5) is 13.0. The summed E-state index contributed by atoms with van der Waals surface area (Å²) in [6.07, 6.45) is 1.80. The molecule has 1 aromatic heterocycles. The predicted molar refractivity (Wildman–Crippen MR) is 130 cm³/mol. The van der Waals surface area contributed by atoms with Crippen LogP contribution in [0.1, 0.15) is 44.7 Å². The molecule has 2 heterocycles. The number of aryl methyl sites for hydroxylation is 1. The van der Waals surface area contributed by atoms with Crippen LogP contribution in [-0.4, -0.2) is 53.8 Å². The van der Waals surface area contributed by atoms with E-state index in [0.29, 0.717) is 29.8 Å². The number of aromatic nitrogens is 3. The minimum Gasteiger partial charge on any atom is -0.495 e. The van der Waals surface area contributed by atoms with E-state index in [4.69, 9.17) is 4.74 Å². The number of nitrogens with zero attached hydrogens (tertiary/aromatic N) is 4. The number of sulfonamides is 1. The highest BCUT2D eigenvalue weighted by Crippen LogP contribution is 2.29. The summed E-state index contributed by atoms with van der Waals surface area (Å²) in [6.45, 7) is 6.62. The molecule has 1 atom stereocenters. The number of nitrogens with one attached hydrogen (secondary N) is 1. The van der Waals surface area contributed by atoms with E-state index >= 15 is 0 Å². The fourth-order valence-corrected chi connectivity index (χ4v) is 5.73. The van der Waals surface area contributed by atoms with Gasteiger partial charge in [-0.15, -0.1) is 5.10 Å². The molecule has 4 rings (SSSR count). The van der Waals surface area contributed by atoms with Crippen molar-refractivity contribution in [2.24, 2.45) is 5.92 Å². The Bertz CT molecular complexity index is 1300. The molecular weight excluding hydrogens is 454 g/mol. The molecule has 9 nitrogen and oxygen atoms in total. The molecular formula is C24H31N5O4S. The summed E-state index contributed by atoms with van der Waals surface area (Å²) in [5.41, 5.74) is 3.01. The number of methoxy groups -OCH3 is 1. The zero-order valence-corrected chi connectivity index (χ0v) is 20.8. The first-order valence-electron chi connectivity index (χ1n) is 11.5. The maximum absolute atomic E-state index is 13.3. The predicted octanol–water partition coefficient (Wildman–Crippen LogP) is 3.76. The lowest BCUT2D eigenvalue weighted by Crippen LogP contribution is -2.41. The average molecular weight is 486 g/mol. The maximum Gasteiger partial charge on any atom is 0.243 e. The van der Waals surface area contributed by atoms with Gasteiger partial charge in [-0.25, -0.2) is 13.1 Å². The van der Waals surface area contributed by atoms with Gasteiger partial charge in [0.2, 0.25) is 15.9 Å². The number of piperidine rings is 1. The molecule has 1 aliphatic heterocycles. The third-order valence-corrected chi connectivity index (χ3v) is 8.42. The normalized spacial score (nSPS) is 16.5. The van der Waals surface area contributed by atoms with Crippen molar-refractivity contribution in [3.8, 4) is 5.75 Å². The smallest absolute Gasteiger partial charge is 0.243 e. The first-order valence-corrected chi connectivity index (χ1v) is 13.0. The van der Waals surface area contributed by atoms with Crippen molar-refractivity contribution in [1.29, 1.82) is 0 Å². The zero-order valence-electron chi connectivity index (χ0n) is 20.0. The van der Waals surface area contributed by atoms with Gasteiger partial charge in [0.05, 0.1) is 29.3 Å². The highest BCUT2D eigenvalue weighted by atomic mass is 32.2. The van der Waals surface area contributed by atoms with Crippen LogP contribution in [0, 0.1) is 12.8 Å². The van der Waals surface area contributed by atoms with Crippen LogP contribution in [-0.2, 0) is 14.8 Å². The molecule has 3 aromatic rings. The number of carbonyl (C=O) groups is 1. The maximum atomic E-state index is 13.3. The molecule has 0 bridgehead atoms. The van der Waals surface area contributed by atoms with Gasteiger partial charge in [-0.1, -0.05) is 18.2 Å². The van der Waals surface area contributed by atoms with E-state index in [-0.39, 0.29) is 35.9 Å². The minimum absolute atomic E-state index is 0.121. The number of hydrogen-bond acceptors (Lipinski definition) is 6. The number of fused-ring (bicyclic) bond motifs is 1. The van der Waals surface area contributed by atoms with E-state index in [1.54, 1.807) is 25.3 Å². The molecule has 1 unspecified atom stereocenters. The van der Waals surface area contributed by atoms with Crippen molar-refractivity contribution in [3.63, 3.8) is 0 Å². The zero-order chi connectivity index (χ0) is 24.5. The Morgan fingerprint density at radius 1 is 1.21 bits per heavy atom. The molecule has 1 fully saturated rings. The number of benzene rings is 2. The lowest BCUT2D eigenvalue weighted by atomic mass is 9.97. The molecule has 0 radical (unpaired) electrons. The molecule has 1 N–H and O–H groups in total. The highest BCUT2D eigenvalue weighted by molar-refractivity contribution is 7.89. The molecule has 0 spiro atoms. The fraction of sp³-hybridized carbons (Fsp3) is 0.458. The Morgan fingerprint density at radius 2 is 1.94 bits per heavy atom. The van der Waals surface area contributed by atoms with E-state index in [0.717, 1.165) is 17.5 Å². The number of carbonyl (C=O) groups excluding carboxylic acids is 1. The molecule has 0 aliphatic carbocycles. The molecule has 10 heteroatoms. The Morgan fingerprint density at radius 3 is 2.62 bits per heavy atom. The summed E-state index contributed by atoms with van der Waals surface area (Å²) in [6, 6.07) is 10.7. The van der Waals surface area contributed by atoms with Crippen LogP contribution in [0.4, 0.5) is 5.69 Å². The summed E-state index contributed by atoms with van der Waals surface area (Å²) in [5, 5.41) is 11.3. The summed E-state index contributed by atoms with van der Waals surface area (Å²) in [5.74, 6) is 0.207. The summed E-state index contributed by atoms with van der Waals surface area (Å²) >= 11 is 0. The van der Waals surface area contributed by atoms with Gasteiger partial charge < -0.3 is 10.1 Å². The van der Waals surface area contributed by atoms with Crippen molar-refractivity contribution < 1.29 is 17.9 Å². The number of rotatable bonds is 7. The van der Waals surface area contributed by atoms with Gasteiger partial charge in [-0.05, 0) is 69.0 Å². The Kier molecular flexibility index (Phi) is 6.90. The monoisotopic (exact) mass is 485 g/mol. The SMILES string of the molecule is CCC(C)n1nnc2cc(S(=O)(=O)N3CCC(C(=O)Nc4cc(C)ccc4OC)CC3)ccc21. The van der Waals surface area contributed by atoms with Crippen LogP contribution < -0.4 is 10.1 Å². The first-order chi connectivity index (χ1) is 16.2. The highest BCUT2D eigenvalue weighted by Gasteiger charge is 2.32. The minimum atomic E-state index is -3.69. The Balaban J connectivity index is 1.44. The third-order valence-electron chi connectivity index (χ3n) is 6.53. The quantitative estimate of drug-likeness (QED) is 0.546. The van der Waals surface area contributed by atoms with Gasteiger partial charge in [-0.2, -0.15) is 4.31 Å². The molecule has 1 saturated heterocycles. The molecule has 0 saturated carbocycles. The van der Waals surface area contributed by atoms with Gasteiger partial charge in [0.25, 0.3) is 0 Å². The second-order valence-electron chi connectivity index (χ2n) is 8.81. The largest absolute Gasteiger partial charge is 0.495 e. The van der Waals surface area contributed by atoms with Crippen LogP contribution in [0.2, 0.25) is 0 Å². The molecule has 1 aliphatic rings. The molecule has 2 aromatic carbocycles. The van der Waals surface area contributed by atoms with Gasteiger partial charge in [-0.3, -0.25) is 4.79 Å². The van der Waals surface area contributed by atoms with Crippen molar-refractivity contribution in [2.75, 3.05) is 25.5 Å². The topological polar surface area (TPSA) is 106 Å². The third kappa shape index (κ3) is 4.65. The van der Waals surface area contributed by atoms with Crippen LogP contribution >= 0.6 is 0 Å². The Labute approximate surface area is 200 Å². The van der Waals surface area contributed by atoms with E-state index < -0.39 is 10.0 Å². The van der Waals surface area contributed by atoms with Crippen molar-refractivity contribution in [3.05, 3.63) is 42.0 Å². The lowest BCUT2D eigenvalue weighted by Gasteiger charge is -2.30. The fourth-order valence-electron chi connectivity index (χ4n) is 4.24. The number of anilines is 1. The van der Waals surface area contributed by atoms with Crippen LogP contribution in [0.25, 0.3) is 11.0 Å². The van der Waals surface area contributed by atoms with Crippen molar-refractivity contribution in [1.82, 2.24) is 19.3 Å². The standard InChI is InChI=1S/C24H31N5O4S/c1-5-17(3)29-22-8-7-19(15-20(22)26-27-29)34(31,32)28-12-10-18(11-13-28)24(30)25-21-14-16(2)6-9-23(21)33-4/h6-9,14-15,17-18H,5,10-13H2,1-4H3,(H,25,30). The van der Waals surface area contributed by atoms with Gasteiger partial charge in [0.1, 0.15) is 11.3 Å². The second-order valence-corrected chi connectivity index (χ2v) is 10.8.